The van der Waals surface area contributed by atoms with Gasteiger partial charge in [-0.15, -0.1) is 11.3 Å². The van der Waals surface area contributed by atoms with Gasteiger partial charge in [0, 0.05) is 35.0 Å². The van der Waals surface area contributed by atoms with E-state index in [1.807, 2.05) is 6.07 Å². The van der Waals surface area contributed by atoms with Gasteiger partial charge in [0.05, 0.1) is 16.4 Å². The molecule has 0 amide bonds. The summed E-state index contributed by atoms with van der Waals surface area (Å²) in [5.41, 5.74) is -2.13. The molecule has 0 bridgehead atoms. The molecule has 2 heterocycles. The number of hydrogen-bond acceptors (Lipinski definition) is 6. The summed E-state index contributed by atoms with van der Waals surface area (Å²) in [7, 11) is 1.65. The SMILES string of the molecule is CN(c1ccc2nc(-c3cncc(F)c3)sc2c1)C(O)c1cccc(SC(F)(F)F)c1. The molecule has 1 N–H and O–H groups in total. The van der Waals surface area contributed by atoms with Crippen LogP contribution in [0.15, 0.2) is 65.8 Å². The van der Waals surface area contributed by atoms with Gasteiger partial charge in [0.2, 0.25) is 0 Å². The second kappa shape index (κ2) is 8.45. The zero-order chi connectivity index (χ0) is 22.2. The van der Waals surface area contributed by atoms with E-state index < -0.39 is 17.6 Å². The minimum Gasteiger partial charge on any atom is -0.369 e. The summed E-state index contributed by atoms with van der Waals surface area (Å²) in [6.07, 6.45) is 1.50. The van der Waals surface area contributed by atoms with Crippen molar-refractivity contribution in [2.75, 3.05) is 11.9 Å². The molecule has 0 fully saturated rings. The zero-order valence-corrected chi connectivity index (χ0v) is 17.6. The van der Waals surface area contributed by atoms with E-state index in [4.69, 9.17) is 0 Å². The van der Waals surface area contributed by atoms with Crippen LogP contribution < -0.4 is 4.90 Å². The number of rotatable bonds is 5. The highest BCUT2D eigenvalue weighted by Crippen LogP contribution is 2.38. The number of aromatic nitrogens is 2. The molecule has 0 aliphatic carbocycles. The van der Waals surface area contributed by atoms with Crippen LogP contribution in [0.2, 0.25) is 0 Å². The van der Waals surface area contributed by atoms with Crippen LogP contribution in [0.3, 0.4) is 0 Å². The molecule has 2 aromatic carbocycles. The van der Waals surface area contributed by atoms with Crippen molar-refractivity contribution in [3.8, 4) is 10.6 Å². The van der Waals surface area contributed by atoms with E-state index in [1.54, 1.807) is 30.1 Å². The number of hydrogen-bond donors (Lipinski definition) is 1. The van der Waals surface area contributed by atoms with Crippen molar-refractivity contribution < 1.29 is 22.7 Å². The molecule has 4 rings (SSSR count). The molecule has 0 saturated heterocycles. The van der Waals surface area contributed by atoms with Crippen molar-refractivity contribution in [1.29, 1.82) is 0 Å². The molecule has 0 aliphatic rings. The lowest BCUT2D eigenvalue weighted by Crippen LogP contribution is -2.23. The third kappa shape index (κ3) is 4.97. The third-order valence-corrected chi connectivity index (χ3v) is 6.28. The van der Waals surface area contributed by atoms with Gasteiger partial charge in [-0.25, -0.2) is 9.37 Å². The average molecular weight is 465 g/mol. The minimum absolute atomic E-state index is 0.00343. The lowest BCUT2D eigenvalue weighted by atomic mass is 10.1. The van der Waals surface area contributed by atoms with Crippen molar-refractivity contribution in [3.63, 3.8) is 0 Å². The first-order valence-electron chi connectivity index (χ1n) is 8.98. The number of benzene rings is 2. The molecule has 160 valence electrons. The Hall–Kier alpha value is -2.69. The quantitative estimate of drug-likeness (QED) is 0.215. The van der Waals surface area contributed by atoms with Crippen LogP contribution in [0.25, 0.3) is 20.8 Å². The van der Waals surface area contributed by atoms with Crippen molar-refractivity contribution >= 4 is 39.0 Å². The maximum Gasteiger partial charge on any atom is 0.446 e. The van der Waals surface area contributed by atoms with Gasteiger partial charge >= 0.3 is 5.51 Å². The first-order chi connectivity index (χ1) is 14.7. The molecule has 0 spiro atoms. The fourth-order valence-electron chi connectivity index (χ4n) is 3.02. The van der Waals surface area contributed by atoms with Crippen LogP contribution in [-0.2, 0) is 0 Å². The zero-order valence-electron chi connectivity index (χ0n) is 16.0. The molecule has 4 aromatic rings. The van der Waals surface area contributed by atoms with Gasteiger partial charge in [-0.05, 0) is 48.2 Å². The van der Waals surface area contributed by atoms with Crippen LogP contribution in [0, 0.1) is 5.82 Å². The molecule has 0 aliphatic heterocycles. The number of halogens is 4. The predicted molar refractivity (Wildman–Crippen MR) is 115 cm³/mol. The molecule has 1 unspecified atom stereocenters. The number of thiazole rings is 1. The number of aliphatic hydroxyl groups is 1. The summed E-state index contributed by atoms with van der Waals surface area (Å²) in [5.74, 6) is -0.453. The smallest absolute Gasteiger partial charge is 0.369 e. The van der Waals surface area contributed by atoms with Crippen molar-refractivity contribution in [3.05, 3.63) is 72.3 Å². The summed E-state index contributed by atoms with van der Waals surface area (Å²) in [6, 6.07) is 12.4. The van der Waals surface area contributed by atoms with E-state index in [0.29, 0.717) is 27.3 Å². The van der Waals surface area contributed by atoms with Gasteiger partial charge in [0.15, 0.2) is 6.23 Å². The summed E-state index contributed by atoms with van der Waals surface area (Å²) < 4.78 is 52.2. The normalized spacial score (nSPS) is 12.8. The molecular formula is C21H15F4N3OS2. The highest BCUT2D eigenvalue weighted by Gasteiger charge is 2.29. The van der Waals surface area contributed by atoms with Gasteiger partial charge in [-0.3, -0.25) is 4.98 Å². The summed E-state index contributed by atoms with van der Waals surface area (Å²) in [4.78, 5) is 9.89. The number of aliphatic hydroxyl groups excluding tert-OH is 1. The van der Waals surface area contributed by atoms with Gasteiger partial charge in [0.25, 0.3) is 0 Å². The van der Waals surface area contributed by atoms with Gasteiger partial charge in [0.1, 0.15) is 10.8 Å². The van der Waals surface area contributed by atoms with Crippen molar-refractivity contribution in [2.24, 2.45) is 0 Å². The van der Waals surface area contributed by atoms with E-state index in [-0.39, 0.29) is 16.7 Å². The van der Waals surface area contributed by atoms with Crippen LogP contribution in [-0.4, -0.2) is 27.6 Å². The van der Waals surface area contributed by atoms with Gasteiger partial charge in [-0.1, -0.05) is 12.1 Å². The maximum absolute atomic E-state index is 13.5. The predicted octanol–water partition coefficient (Wildman–Crippen LogP) is 6.24. The maximum atomic E-state index is 13.5. The van der Waals surface area contributed by atoms with Crippen LogP contribution in [0.5, 0.6) is 0 Å². The Kier molecular flexibility index (Phi) is 5.87. The number of alkyl halides is 3. The molecule has 10 heteroatoms. The number of pyridine rings is 1. The molecule has 31 heavy (non-hydrogen) atoms. The number of anilines is 1. The minimum atomic E-state index is -4.40. The van der Waals surface area contributed by atoms with E-state index in [1.165, 1.54) is 41.8 Å². The van der Waals surface area contributed by atoms with Gasteiger partial charge < -0.3 is 10.0 Å². The van der Waals surface area contributed by atoms with E-state index >= 15 is 0 Å². The third-order valence-electron chi connectivity index (χ3n) is 4.49. The largest absolute Gasteiger partial charge is 0.446 e. The number of nitrogens with zero attached hydrogens (tertiary/aromatic N) is 3. The van der Waals surface area contributed by atoms with E-state index in [0.717, 1.165) is 10.9 Å². The topological polar surface area (TPSA) is 49.2 Å². The molecule has 2 aromatic heterocycles. The first-order valence-corrected chi connectivity index (χ1v) is 10.6. The van der Waals surface area contributed by atoms with E-state index in [9.17, 15) is 22.7 Å². The molecule has 0 radical (unpaired) electrons. The van der Waals surface area contributed by atoms with Gasteiger partial charge in [-0.2, -0.15) is 13.2 Å². The number of thioether (sulfide) groups is 1. The highest BCUT2D eigenvalue weighted by molar-refractivity contribution is 8.00. The van der Waals surface area contributed by atoms with Crippen molar-refractivity contribution in [2.45, 2.75) is 16.6 Å². The van der Waals surface area contributed by atoms with Crippen LogP contribution in [0.4, 0.5) is 23.2 Å². The molecule has 0 saturated carbocycles. The van der Waals surface area contributed by atoms with Crippen LogP contribution >= 0.6 is 23.1 Å². The second-order valence-electron chi connectivity index (χ2n) is 6.67. The fourth-order valence-corrected chi connectivity index (χ4v) is 4.61. The second-order valence-corrected chi connectivity index (χ2v) is 8.84. The molecule has 4 nitrogen and oxygen atoms in total. The average Bonchev–Trinajstić information content (AvgIpc) is 3.15. The first kappa shape index (κ1) is 21.5. The van der Waals surface area contributed by atoms with E-state index in [2.05, 4.69) is 9.97 Å². The van der Waals surface area contributed by atoms with Crippen molar-refractivity contribution in [1.82, 2.24) is 9.97 Å². The summed E-state index contributed by atoms with van der Waals surface area (Å²) >= 11 is 1.13. The fraction of sp³-hybridized carbons (Fsp3) is 0.143. The Balaban J connectivity index is 1.60. The summed E-state index contributed by atoms with van der Waals surface area (Å²) in [6.45, 7) is 0. The molecular weight excluding hydrogens is 450 g/mol. The standard InChI is InChI=1S/C21H15F4N3OS2/c1-28(20(29)12-3-2-4-16(8-12)31-21(23,24)25)15-5-6-17-18(9-15)30-19(27-17)13-7-14(22)11-26-10-13/h2-11,20,29H,1H3. The lowest BCUT2D eigenvalue weighted by Gasteiger charge is -2.26. The number of fused-ring (bicyclic) bond motifs is 1. The summed E-state index contributed by atoms with van der Waals surface area (Å²) in [5, 5.41) is 11.3. The monoisotopic (exact) mass is 465 g/mol. The Labute approximate surface area is 183 Å². The Morgan fingerprint density at radius 3 is 2.65 bits per heavy atom. The van der Waals surface area contributed by atoms with Crippen LogP contribution in [0.1, 0.15) is 11.8 Å². The lowest BCUT2D eigenvalue weighted by molar-refractivity contribution is -0.0328. The Bertz CT molecular complexity index is 1230. The Morgan fingerprint density at radius 2 is 1.90 bits per heavy atom. The molecule has 1 atom stereocenters. The Morgan fingerprint density at radius 1 is 1.10 bits per heavy atom. The highest BCUT2D eigenvalue weighted by atomic mass is 32.2.